The molecule has 3 amide bonds. The molecule has 232 valence electrons. The number of benzene rings is 3. The van der Waals surface area contributed by atoms with Crippen LogP contribution in [0.15, 0.2) is 71.8 Å². The molecular weight excluding hydrogens is 570 g/mol. The molecule has 1 aliphatic rings. The van der Waals surface area contributed by atoms with Crippen molar-refractivity contribution in [3.05, 3.63) is 83.6 Å². The number of rotatable bonds is 10. The van der Waals surface area contributed by atoms with E-state index in [2.05, 4.69) is 25.9 Å². The van der Waals surface area contributed by atoms with Crippen LogP contribution in [0.1, 0.15) is 56.5 Å². The van der Waals surface area contributed by atoms with E-state index in [-0.39, 0.29) is 17.7 Å². The van der Waals surface area contributed by atoms with Crippen LogP contribution in [-0.4, -0.2) is 44.5 Å². The van der Waals surface area contributed by atoms with E-state index < -0.39 is 12.1 Å². The van der Waals surface area contributed by atoms with Crippen LogP contribution in [0, 0.1) is 20.8 Å². The third-order valence-electron chi connectivity index (χ3n) is 7.40. The molecule has 11 heteroatoms. The van der Waals surface area contributed by atoms with Gasteiger partial charge >= 0.3 is 0 Å². The minimum Gasteiger partial charge on any atom is -0.481 e. The zero-order chi connectivity index (χ0) is 32.2. The summed E-state index contributed by atoms with van der Waals surface area (Å²) in [6.07, 6.45) is 0.491. The van der Waals surface area contributed by atoms with Gasteiger partial charge in [0.1, 0.15) is 11.4 Å². The smallest absolute Gasteiger partial charge is 0.280 e. The molecule has 2 N–H and O–H groups in total. The zero-order valence-electron chi connectivity index (χ0n) is 26.3. The molecule has 0 saturated heterocycles. The maximum atomic E-state index is 13.6. The maximum absolute atomic E-state index is 13.6. The van der Waals surface area contributed by atoms with Crippen LogP contribution >= 0.6 is 0 Å². The van der Waals surface area contributed by atoms with E-state index in [9.17, 15) is 14.4 Å². The molecular formula is C34H37N7O4. The molecule has 0 spiro atoms. The number of aromatic nitrogens is 3. The molecule has 0 radical (unpaired) electrons. The monoisotopic (exact) mass is 607 g/mol. The lowest BCUT2D eigenvalue weighted by Crippen LogP contribution is -2.31. The van der Waals surface area contributed by atoms with Gasteiger partial charge in [-0.3, -0.25) is 14.4 Å². The Morgan fingerprint density at radius 2 is 1.69 bits per heavy atom. The Kier molecular flexibility index (Phi) is 9.08. The lowest BCUT2D eigenvalue weighted by atomic mass is 10.1. The molecule has 0 bridgehead atoms. The normalized spacial score (nSPS) is 15.1. The highest BCUT2D eigenvalue weighted by Gasteiger charge is 2.38. The highest BCUT2D eigenvalue weighted by Crippen LogP contribution is 2.30. The fourth-order valence-corrected chi connectivity index (χ4v) is 5.09. The topological polar surface area (TPSA) is 131 Å². The second-order valence-corrected chi connectivity index (χ2v) is 11.2. The fraction of sp³-hybridized carbons (Fsp3) is 0.294. The van der Waals surface area contributed by atoms with E-state index in [1.54, 1.807) is 38.1 Å². The minimum absolute atomic E-state index is 0.0503. The highest BCUT2D eigenvalue weighted by atomic mass is 16.5. The summed E-state index contributed by atoms with van der Waals surface area (Å²) in [6.45, 7) is 11.2. The molecule has 0 aliphatic carbocycles. The number of hydrogen-bond acceptors (Lipinski definition) is 7. The van der Waals surface area contributed by atoms with Crippen LogP contribution in [0.3, 0.4) is 0 Å². The Balaban J connectivity index is 1.26. The van der Waals surface area contributed by atoms with Crippen molar-refractivity contribution in [1.29, 1.82) is 0 Å². The molecule has 45 heavy (non-hydrogen) atoms. The van der Waals surface area contributed by atoms with Crippen LogP contribution in [0.25, 0.3) is 11.3 Å². The number of nitrogens with one attached hydrogen (secondary N) is 2. The average Bonchev–Trinajstić information content (AvgIpc) is 3.52. The predicted octanol–water partition coefficient (Wildman–Crippen LogP) is 5.98. The van der Waals surface area contributed by atoms with Crippen molar-refractivity contribution < 1.29 is 19.1 Å². The van der Waals surface area contributed by atoms with Crippen molar-refractivity contribution >= 4 is 40.5 Å². The van der Waals surface area contributed by atoms with Crippen molar-refractivity contribution in [2.45, 2.75) is 66.5 Å². The molecule has 4 aromatic rings. The van der Waals surface area contributed by atoms with Gasteiger partial charge in [-0.2, -0.15) is 25.1 Å². The van der Waals surface area contributed by atoms with Gasteiger partial charge < -0.3 is 15.4 Å². The minimum atomic E-state index is -0.813. The number of aryl methyl sites for hydroxylation is 3. The molecule has 2 atom stereocenters. The van der Waals surface area contributed by atoms with E-state index >= 15 is 0 Å². The summed E-state index contributed by atoms with van der Waals surface area (Å²) in [7, 11) is 0. The lowest BCUT2D eigenvalue weighted by Gasteiger charge is -2.17. The number of nitrogens with zero attached hydrogens (tertiary/aromatic N) is 5. The molecule has 11 nitrogen and oxygen atoms in total. The Bertz CT molecular complexity index is 1780. The number of amides is 3. The zero-order valence-corrected chi connectivity index (χ0v) is 26.3. The van der Waals surface area contributed by atoms with E-state index in [1.165, 1.54) is 9.81 Å². The molecule has 3 aromatic carbocycles. The number of hydrogen-bond donors (Lipinski definition) is 2. The average molecular weight is 608 g/mol. The van der Waals surface area contributed by atoms with Gasteiger partial charge in [-0.15, -0.1) is 0 Å². The summed E-state index contributed by atoms with van der Waals surface area (Å²) < 4.78 is 5.87. The first-order valence-electron chi connectivity index (χ1n) is 14.9. The molecule has 1 aliphatic heterocycles. The van der Waals surface area contributed by atoms with Crippen LogP contribution in [0.5, 0.6) is 5.75 Å². The predicted molar refractivity (Wildman–Crippen MR) is 174 cm³/mol. The first-order chi connectivity index (χ1) is 21.5. The number of carbonyl (C=O) groups excluding carboxylic acids is 3. The number of anilines is 3. The lowest BCUT2D eigenvalue weighted by molar-refractivity contribution is -0.122. The SMILES string of the molecule is CCCC(=O)Nc1cccc(-c2nn(C3C(=O)N(c4ccc(NC(=O)C(C)Oc5ccc(C)cc5C)cc4)N=C3C)nc2C)c1. The highest BCUT2D eigenvalue weighted by molar-refractivity contribution is 6.16. The van der Waals surface area contributed by atoms with Crippen LogP contribution in [-0.2, 0) is 14.4 Å². The van der Waals surface area contributed by atoms with Crippen molar-refractivity contribution in [2.75, 3.05) is 15.6 Å². The van der Waals surface area contributed by atoms with Gasteiger partial charge in [-0.25, -0.2) is 0 Å². The van der Waals surface area contributed by atoms with Crippen molar-refractivity contribution in [3.8, 4) is 17.0 Å². The quantitative estimate of drug-likeness (QED) is 0.228. The van der Waals surface area contributed by atoms with Gasteiger partial charge in [-0.05, 0) is 89.1 Å². The van der Waals surface area contributed by atoms with Crippen molar-refractivity contribution in [3.63, 3.8) is 0 Å². The third-order valence-corrected chi connectivity index (χ3v) is 7.40. The number of carbonyl (C=O) groups is 3. The van der Waals surface area contributed by atoms with Crippen LogP contribution < -0.4 is 20.4 Å². The Morgan fingerprint density at radius 3 is 2.40 bits per heavy atom. The Labute approximate surface area is 262 Å². The Hall–Kier alpha value is -5.32. The van der Waals surface area contributed by atoms with Gasteiger partial charge in [0.05, 0.1) is 17.1 Å². The van der Waals surface area contributed by atoms with E-state index in [0.29, 0.717) is 46.3 Å². The first kappa shape index (κ1) is 31.1. The molecule has 0 saturated carbocycles. The van der Waals surface area contributed by atoms with Crippen molar-refractivity contribution in [1.82, 2.24) is 15.0 Å². The fourth-order valence-electron chi connectivity index (χ4n) is 5.09. The van der Waals surface area contributed by atoms with Crippen molar-refractivity contribution in [2.24, 2.45) is 5.10 Å². The summed E-state index contributed by atoms with van der Waals surface area (Å²) in [5.41, 5.74) is 6.42. The van der Waals surface area contributed by atoms with Crippen LogP contribution in [0.2, 0.25) is 0 Å². The van der Waals surface area contributed by atoms with Gasteiger partial charge in [-0.1, -0.05) is 36.8 Å². The summed E-state index contributed by atoms with van der Waals surface area (Å²) >= 11 is 0. The summed E-state index contributed by atoms with van der Waals surface area (Å²) in [5, 5.41) is 20.8. The summed E-state index contributed by atoms with van der Waals surface area (Å²) in [6, 6.07) is 19.2. The molecule has 0 fully saturated rings. The third kappa shape index (κ3) is 6.93. The van der Waals surface area contributed by atoms with Gasteiger partial charge in [0.25, 0.3) is 11.8 Å². The summed E-state index contributed by atoms with van der Waals surface area (Å²) in [5.74, 6) is 0.0126. The molecule has 5 rings (SSSR count). The van der Waals surface area contributed by atoms with E-state index in [0.717, 1.165) is 23.1 Å². The number of ether oxygens (including phenoxy) is 1. The van der Waals surface area contributed by atoms with Crippen LogP contribution in [0.4, 0.5) is 17.1 Å². The maximum Gasteiger partial charge on any atom is 0.280 e. The van der Waals surface area contributed by atoms with Gasteiger partial charge in [0.2, 0.25) is 5.91 Å². The largest absolute Gasteiger partial charge is 0.481 e. The van der Waals surface area contributed by atoms with Gasteiger partial charge in [0.15, 0.2) is 12.1 Å². The first-order valence-corrected chi connectivity index (χ1v) is 14.9. The number of hydrazone groups is 1. The molecule has 2 heterocycles. The standard InChI is InChI=1S/C34H37N7O4/c1-7-9-30(42)35-27-11-8-10-25(19-27)31-22(4)38-41(39-31)32-23(5)37-40(34(32)44)28-15-13-26(14-16-28)36-33(43)24(6)45-29-17-12-20(2)18-21(29)3/h8,10-19,24,32H,7,9H2,1-6H3,(H,35,42)(H,36,43). The van der Waals surface area contributed by atoms with E-state index in [1.807, 2.05) is 70.2 Å². The Morgan fingerprint density at radius 1 is 0.933 bits per heavy atom. The van der Waals surface area contributed by atoms with Gasteiger partial charge in [0, 0.05) is 23.4 Å². The molecule has 1 aromatic heterocycles. The second kappa shape index (κ2) is 13.1. The summed E-state index contributed by atoms with van der Waals surface area (Å²) in [4.78, 5) is 39.8. The second-order valence-electron chi connectivity index (χ2n) is 11.2. The van der Waals surface area contributed by atoms with E-state index in [4.69, 9.17) is 4.74 Å². The molecule has 2 unspecified atom stereocenters.